The number of aromatic nitrogens is 2. The van der Waals surface area contributed by atoms with Gasteiger partial charge >= 0.3 is 0 Å². The maximum atomic E-state index is 6.50. The minimum Gasteiger partial charge on any atom is -0.455 e. The average Bonchev–Trinajstić information content (AvgIpc) is 3.53. The molecule has 3 heteroatoms. The van der Waals surface area contributed by atoms with Gasteiger partial charge in [0.2, 0.25) is 0 Å². The normalized spacial score (nSPS) is 11.9. The molecule has 0 unspecified atom stereocenters. The number of fused-ring (bicyclic) bond motifs is 10. The van der Waals surface area contributed by atoms with Gasteiger partial charge in [0.25, 0.3) is 0 Å². The van der Waals surface area contributed by atoms with E-state index < -0.39 is 0 Å². The van der Waals surface area contributed by atoms with Crippen LogP contribution in [0.4, 0.5) is 0 Å². The fourth-order valence-corrected chi connectivity index (χ4v) is 7.50. The van der Waals surface area contributed by atoms with Crippen LogP contribution in [0.1, 0.15) is 5.56 Å². The first-order valence-electron chi connectivity index (χ1n) is 16.3. The summed E-state index contributed by atoms with van der Waals surface area (Å²) in [6, 6.07) is 51.7. The van der Waals surface area contributed by atoms with Gasteiger partial charge in [-0.3, -0.25) is 4.98 Å². The minimum absolute atomic E-state index is 0.902. The number of aryl methyl sites for hydroxylation is 1. The monoisotopic (exact) mass is 612 g/mol. The van der Waals surface area contributed by atoms with Crippen LogP contribution in [-0.4, -0.2) is 9.97 Å². The van der Waals surface area contributed by atoms with Crippen molar-refractivity contribution in [1.82, 2.24) is 9.97 Å². The Bertz CT molecular complexity index is 2880. The van der Waals surface area contributed by atoms with E-state index in [4.69, 9.17) is 14.4 Å². The molecule has 0 N–H and O–H groups in total. The van der Waals surface area contributed by atoms with Crippen LogP contribution in [0.15, 0.2) is 156 Å². The highest BCUT2D eigenvalue weighted by atomic mass is 16.3. The molecule has 0 aliphatic rings. The molecule has 0 aliphatic carbocycles. The first kappa shape index (κ1) is 26.9. The fourth-order valence-electron chi connectivity index (χ4n) is 7.50. The van der Waals surface area contributed by atoms with Gasteiger partial charge in [-0.1, -0.05) is 121 Å². The molecule has 0 saturated heterocycles. The van der Waals surface area contributed by atoms with E-state index in [1.807, 2.05) is 24.4 Å². The van der Waals surface area contributed by atoms with Gasteiger partial charge in [-0.25, -0.2) is 4.98 Å². The molecule has 10 aromatic rings. The minimum atomic E-state index is 0.902. The van der Waals surface area contributed by atoms with Crippen molar-refractivity contribution in [3.05, 3.63) is 157 Å². The molecule has 0 fully saturated rings. The first-order chi connectivity index (χ1) is 23.7. The molecular weight excluding hydrogens is 585 g/mol. The van der Waals surface area contributed by atoms with E-state index in [9.17, 15) is 0 Å². The summed E-state index contributed by atoms with van der Waals surface area (Å²) in [4.78, 5) is 9.92. The molecule has 3 aromatic heterocycles. The van der Waals surface area contributed by atoms with E-state index in [2.05, 4.69) is 134 Å². The molecule has 3 heterocycles. The largest absolute Gasteiger partial charge is 0.455 e. The van der Waals surface area contributed by atoms with Crippen LogP contribution in [0, 0.1) is 6.92 Å². The molecular formula is C45H28N2O. The van der Waals surface area contributed by atoms with Crippen LogP contribution < -0.4 is 0 Å². The molecule has 0 bridgehead atoms. The van der Waals surface area contributed by atoms with Crippen LogP contribution >= 0.6 is 0 Å². The van der Waals surface area contributed by atoms with Crippen molar-refractivity contribution in [2.75, 3.05) is 0 Å². The summed E-state index contributed by atoms with van der Waals surface area (Å²) in [7, 11) is 0. The molecule has 3 nitrogen and oxygen atoms in total. The Morgan fingerprint density at radius 3 is 2.00 bits per heavy atom. The van der Waals surface area contributed by atoms with E-state index in [-0.39, 0.29) is 0 Å². The molecule has 224 valence electrons. The summed E-state index contributed by atoms with van der Waals surface area (Å²) in [5.74, 6) is 0. The van der Waals surface area contributed by atoms with Crippen molar-refractivity contribution < 1.29 is 4.42 Å². The lowest BCUT2D eigenvalue weighted by molar-refractivity contribution is 0.673. The maximum absolute atomic E-state index is 6.50. The van der Waals surface area contributed by atoms with Crippen LogP contribution in [-0.2, 0) is 0 Å². The van der Waals surface area contributed by atoms with Crippen molar-refractivity contribution >= 4 is 65.3 Å². The highest BCUT2D eigenvalue weighted by molar-refractivity contribution is 6.24. The van der Waals surface area contributed by atoms with Gasteiger partial charge in [-0.05, 0) is 64.4 Å². The Labute approximate surface area is 276 Å². The third-order valence-corrected chi connectivity index (χ3v) is 9.85. The molecule has 0 atom stereocenters. The van der Waals surface area contributed by atoms with E-state index in [1.54, 1.807) is 0 Å². The smallest absolute Gasteiger partial charge is 0.144 e. The Morgan fingerprint density at radius 2 is 1.17 bits per heavy atom. The maximum Gasteiger partial charge on any atom is 0.144 e. The Balaban J connectivity index is 1.05. The molecule has 10 rings (SSSR count). The molecule has 0 amide bonds. The van der Waals surface area contributed by atoms with E-state index in [1.165, 1.54) is 44.0 Å². The lowest BCUT2D eigenvalue weighted by atomic mass is 9.92. The quantitative estimate of drug-likeness (QED) is 0.186. The molecule has 0 saturated carbocycles. The highest BCUT2D eigenvalue weighted by Gasteiger charge is 2.17. The predicted octanol–water partition coefficient (Wildman–Crippen LogP) is 12.3. The second kappa shape index (κ2) is 10.3. The Morgan fingerprint density at radius 1 is 0.479 bits per heavy atom. The van der Waals surface area contributed by atoms with Crippen LogP contribution in [0.25, 0.3) is 98.8 Å². The summed E-state index contributed by atoms with van der Waals surface area (Å²) in [6.45, 7) is 2.17. The number of benzene rings is 7. The van der Waals surface area contributed by atoms with Crippen LogP contribution in [0.3, 0.4) is 0 Å². The fraction of sp³-hybridized carbons (Fsp3) is 0.0222. The summed E-state index contributed by atoms with van der Waals surface area (Å²) in [6.07, 6.45) is 1.88. The Kier molecular flexibility index (Phi) is 5.79. The molecule has 48 heavy (non-hydrogen) atoms. The number of pyridine rings is 2. The second-order valence-electron chi connectivity index (χ2n) is 12.6. The number of nitrogens with zero attached hydrogens (tertiary/aromatic N) is 2. The van der Waals surface area contributed by atoms with Crippen LogP contribution in [0.2, 0.25) is 0 Å². The summed E-state index contributed by atoms with van der Waals surface area (Å²) < 4.78 is 6.50. The predicted molar refractivity (Wildman–Crippen MR) is 200 cm³/mol. The van der Waals surface area contributed by atoms with E-state index in [0.29, 0.717) is 0 Å². The van der Waals surface area contributed by atoms with Crippen molar-refractivity contribution in [2.45, 2.75) is 6.92 Å². The Hall–Kier alpha value is -6.32. The first-order valence-corrected chi connectivity index (χ1v) is 16.3. The number of hydrogen-bond donors (Lipinski definition) is 0. The van der Waals surface area contributed by atoms with Gasteiger partial charge in [0.05, 0.1) is 16.7 Å². The van der Waals surface area contributed by atoms with Crippen LogP contribution in [0.5, 0.6) is 0 Å². The van der Waals surface area contributed by atoms with E-state index >= 15 is 0 Å². The number of hydrogen-bond acceptors (Lipinski definition) is 3. The van der Waals surface area contributed by atoms with Gasteiger partial charge in [0.15, 0.2) is 0 Å². The highest BCUT2D eigenvalue weighted by Crippen LogP contribution is 2.41. The van der Waals surface area contributed by atoms with E-state index in [0.717, 1.165) is 60.4 Å². The standard InChI is InChI=1S/C45H28N2O/c1-27-12-22-33(35-23-21-31-7-6-26-46-44(31)41(27)35)30-17-13-28(14-18-30)29-15-19-32(20-16-29)43-38-25-24-36-34-8-3-5-11-40(34)48-45(36)42(38)37-9-2-4-10-39(37)47-43/h2-26H,1H3. The zero-order valence-corrected chi connectivity index (χ0v) is 26.2. The summed E-state index contributed by atoms with van der Waals surface area (Å²) in [5.41, 5.74) is 11.9. The zero-order valence-electron chi connectivity index (χ0n) is 26.2. The van der Waals surface area contributed by atoms with Gasteiger partial charge in [-0.2, -0.15) is 0 Å². The molecule has 0 aliphatic heterocycles. The zero-order chi connectivity index (χ0) is 31.8. The molecule has 0 spiro atoms. The van der Waals surface area contributed by atoms with Crippen molar-refractivity contribution in [2.24, 2.45) is 0 Å². The number of rotatable bonds is 3. The third-order valence-electron chi connectivity index (χ3n) is 9.85. The van der Waals surface area contributed by atoms with Gasteiger partial charge in [0.1, 0.15) is 11.2 Å². The number of furan rings is 1. The summed E-state index contributed by atoms with van der Waals surface area (Å²) in [5, 5.41) is 9.18. The average molecular weight is 613 g/mol. The second-order valence-corrected chi connectivity index (χ2v) is 12.6. The third kappa shape index (κ3) is 4.01. The van der Waals surface area contributed by atoms with Crippen molar-refractivity contribution in [3.8, 4) is 33.5 Å². The molecule has 7 aromatic carbocycles. The lowest BCUT2D eigenvalue weighted by Crippen LogP contribution is -1.90. The molecule has 0 radical (unpaired) electrons. The van der Waals surface area contributed by atoms with Crippen molar-refractivity contribution in [1.29, 1.82) is 0 Å². The van der Waals surface area contributed by atoms with Gasteiger partial charge in [0, 0.05) is 49.5 Å². The lowest BCUT2D eigenvalue weighted by Gasteiger charge is -2.13. The van der Waals surface area contributed by atoms with Gasteiger partial charge < -0.3 is 4.42 Å². The summed E-state index contributed by atoms with van der Waals surface area (Å²) >= 11 is 0. The topological polar surface area (TPSA) is 38.9 Å². The number of para-hydroxylation sites is 2. The van der Waals surface area contributed by atoms with Gasteiger partial charge in [-0.15, -0.1) is 0 Å². The van der Waals surface area contributed by atoms with Crippen molar-refractivity contribution in [3.63, 3.8) is 0 Å². The SMILES string of the molecule is Cc1ccc(-c2ccc(-c3ccc(-c4nc5ccccc5c5c4ccc4c6ccccc6oc45)cc3)cc2)c2ccc3cccnc3c12.